The average molecular weight is 257 g/mol. The minimum Gasteiger partial charge on any atom is -0.481 e. The number of carboxylic acid groups (broad SMARTS) is 1. The first kappa shape index (κ1) is 14.8. The van der Waals surface area contributed by atoms with Crippen molar-refractivity contribution in [1.29, 1.82) is 0 Å². The fourth-order valence-corrected chi connectivity index (χ4v) is 2.21. The Kier molecular flexibility index (Phi) is 5.91. The lowest BCUT2D eigenvalue weighted by molar-refractivity contribution is -0.143. The summed E-state index contributed by atoms with van der Waals surface area (Å²) in [5.74, 6) is -1.07. The highest BCUT2D eigenvalue weighted by Gasteiger charge is 2.28. The molecule has 3 N–H and O–H groups in total. The van der Waals surface area contributed by atoms with Crippen molar-refractivity contribution in [2.24, 2.45) is 5.92 Å². The van der Waals surface area contributed by atoms with Gasteiger partial charge in [0.15, 0.2) is 0 Å². The Balaban J connectivity index is 2.37. The standard InChI is InChI=1S/C12H23N3O3/c1-13-6-7-15(2)12(18)14-10-5-3-4-9(8-10)11(16)17/h9-10,13H,3-8H2,1-2H3,(H,14,18)(H,16,17). The molecule has 0 aliphatic heterocycles. The van der Waals surface area contributed by atoms with Gasteiger partial charge in [0, 0.05) is 26.2 Å². The number of rotatable bonds is 5. The van der Waals surface area contributed by atoms with Crippen molar-refractivity contribution in [2.75, 3.05) is 27.2 Å². The van der Waals surface area contributed by atoms with E-state index < -0.39 is 5.97 Å². The Hall–Kier alpha value is -1.30. The Morgan fingerprint density at radius 2 is 2.11 bits per heavy atom. The highest BCUT2D eigenvalue weighted by Crippen LogP contribution is 2.24. The number of amides is 2. The van der Waals surface area contributed by atoms with E-state index in [9.17, 15) is 9.59 Å². The van der Waals surface area contributed by atoms with Crippen LogP contribution in [0.3, 0.4) is 0 Å². The van der Waals surface area contributed by atoms with Gasteiger partial charge < -0.3 is 20.6 Å². The smallest absolute Gasteiger partial charge is 0.317 e. The molecule has 0 saturated heterocycles. The predicted molar refractivity (Wildman–Crippen MR) is 68.5 cm³/mol. The first-order chi connectivity index (χ1) is 8.54. The first-order valence-corrected chi connectivity index (χ1v) is 6.43. The third-order valence-corrected chi connectivity index (χ3v) is 3.39. The molecule has 1 saturated carbocycles. The van der Waals surface area contributed by atoms with Crippen molar-refractivity contribution in [1.82, 2.24) is 15.5 Å². The topological polar surface area (TPSA) is 81.7 Å². The number of carboxylic acids is 1. The van der Waals surface area contributed by atoms with Crippen molar-refractivity contribution in [3.63, 3.8) is 0 Å². The van der Waals surface area contributed by atoms with E-state index in [0.29, 0.717) is 13.0 Å². The van der Waals surface area contributed by atoms with Gasteiger partial charge in [0.05, 0.1) is 5.92 Å². The number of urea groups is 1. The lowest BCUT2D eigenvalue weighted by Gasteiger charge is -2.29. The van der Waals surface area contributed by atoms with Gasteiger partial charge in [-0.2, -0.15) is 0 Å². The molecule has 0 radical (unpaired) electrons. The van der Waals surface area contributed by atoms with Gasteiger partial charge in [-0.1, -0.05) is 6.42 Å². The summed E-state index contributed by atoms with van der Waals surface area (Å²) in [6.45, 7) is 1.38. The van der Waals surface area contributed by atoms with E-state index in [4.69, 9.17) is 5.11 Å². The van der Waals surface area contributed by atoms with E-state index in [1.54, 1.807) is 11.9 Å². The second-order valence-corrected chi connectivity index (χ2v) is 4.87. The van der Waals surface area contributed by atoms with Crippen molar-refractivity contribution < 1.29 is 14.7 Å². The number of hydrogen-bond donors (Lipinski definition) is 3. The van der Waals surface area contributed by atoms with Gasteiger partial charge in [0.2, 0.25) is 0 Å². The Morgan fingerprint density at radius 3 is 2.72 bits per heavy atom. The third kappa shape index (κ3) is 4.52. The SMILES string of the molecule is CNCCN(C)C(=O)NC1CCCC(C(=O)O)C1. The number of hydrogen-bond acceptors (Lipinski definition) is 3. The van der Waals surface area contributed by atoms with Crippen LogP contribution in [0, 0.1) is 5.92 Å². The lowest BCUT2D eigenvalue weighted by Crippen LogP contribution is -2.46. The molecule has 1 rings (SSSR count). The van der Waals surface area contributed by atoms with Gasteiger partial charge in [-0.3, -0.25) is 4.79 Å². The van der Waals surface area contributed by atoms with Crippen LogP contribution in [-0.2, 0) is 4.79 Å². The number of nitrogens with one attached hydrogen (secondary N) is 2. The van der Waals surface area contributed by atoms with Crippen LogP contribution in [0.5, 0.6) is 0 Å². The molecule has 1 aliphatic carbocycles. The highest BCUT2D eigenvalue weighted by molar-refractivity contribution is 5.74. The number of carbonyl (C=O) groups is 2. The fraction of sp³-hybridized carbons (Fsp3) is 0.833. The minimum atomic E-state index is -0.752. The first-order valence-electron chi connectivity index (χ1n) is 6.43. The molecule has 6 heteroatoms. The van der Waals surface area contributed by atoms with E-state index in [-0.39, 0.29) is 18.0 Å². The molecule has 1 fully saturated rings. The summed E-state index contributed by atoms with van der Waals surface area (Å²) in [5, 5.41) is 14.9. The van der Waals surface area contributed by atoms with Crippen LogP contribution < -0.4 is 10.6 Å². The summed E-state index contributed by atoms with van der Waals surface area (Å²) in [5.41, 5.74) is 0. The fourth-order valence-electron chi connectivity index (χ4n) is 2.21. The van der Waals surface area contributed by atoms with Crippen molar-refractivity contribution in [3.05, 3.63) is 0 Å². The van der Waals surface area contributed by atoms with Crippen LogP contribution in [0.1, 0.15) is 25.7 Å². The van der Waals surface area contributed by atoms with Crippen LogP contribution in [0.2, 0.25) is 0 Å². The zero-order chi connectivity index (χ0) is 13.5. The lowest BCUT2D eigenvalue weighted by atomic mass is 9.86. The number of aliphatic carboxylic acids is 1. The summed E-state index contributed by atoms with van der Waals surface area (Å²) in [6, 6.07) is -0.134. The van der Waals surface area contributed by atoms with Crippen molar-refractivity contribution >= 4 is 12.0 Å². The number of likely N-dealkylation sites (N-methyl/N-ethyl adjacent to an activating group) is 2. The zero-order valence-corrected chi connectivity index (χ0v) is 11.1. The molecule has 0 aromatic heterocycles. The monoisotopic (exact) mass is 257 g/mol. The van der Waals surface area contributed by atoms with Crippen LogP contribution in [0.15, 0.2) is 0 Å². The van der Waals surface area contributed by atoms with Gasteiger partial charge in [0.1, 0.15) is 0 Å². The third-order valence-electron chi connectivity index (χ3n) is 3.39. The van der Waals surface area contributed by atoms with Gasteiger partial charge in [-0.25, -0.2) is 4.79 Å². The molecule has 0 aromatic carbocycles. The van der Waals surface area contributed by atoms with Crippen molar-refractivity contribution in [3.8, 4) is 0 Å². The van der Waals surface area contributed by atoms with Crippen LogP contribution in [0.4, 0.5) is 4.79 Å². The molecular weight excluding hydrogens is 234 g/mol. The van der Waals surface area contributed by atoms with E-state index in [1.807, 2.05) is 7.05 Å². The molecule has 2 amide bonds. The maximum absolute atomic E-state index is 11.8. The molecule has 0 heterocycles. The Morgan fingerprint density at radius 1 is 1.39 bits per heavy atom. The van der Waals surface area contributed by atoms with Crippen LogP contribution in [-0.4, -0.2) is 55.2 Å². The Labute approximate surface area is 108 Å². The molecule has 2 atom stereocenters. The Bertz CT molecular complexity index is 296. The average Bonchev–Trinajstić information content (AvgIpc) is 2.36. The number of nitrogens with zero attached hydrogens (tertiary/aromatic N) is 1. The zero-order valence-electron chi connectivity index (χ0n) is 11.1. The van der Waals surface area contributed by atoms with Crippen LogP contribution in [0.25, 0.3) is 0 Å². The van der Waals surface area contributed by atoms with E-state index in [2.05, 4.69) is 10.6 Å². The molecular formula is C12H23N3O3. The summed E-state index contributed by atoms with van der Waals surface area (Å²) in [4.78, 5) is 24.4. The summed E-state index contributed by atoms with van der Waals surface area (Å²) >= 11 is 0. The molecule has 18 heavy (non-hydrogen) atoms. The summed E-state index contributed by atoms with van der Waals surface area (Å²) in [7, 11) is 3.58. The number of carbonyl (C=O) groups excluding carboxylic acids is 1. The molecule has 2 unspecified atom stereocenters. The quantitative estimate of drug-likeness (QED) is 0.669. The summed E-state index contributed by atoms with van der Waals surface area (Å²) in [6.07, 6.45) is 3.00. The molecule has 0 bridgehead atoms. The van der Waals surface area contributed by atoms with Gasteiger partial charge in [-0.05, 0) is 26.3 Å². The van der Waals surface area contributed by atoms with E-state index >= 15 is 0 Å². The maximum Gasteiger partial charge on any atom is 0.317 e. The largest absolute Gasteiger partial charge is 0.481 e. The second kappa shape index (κ2) is 7.20. The predicted octanol–water partition coefficient (Wildman–Crippen LogP) is 0.491. The molecule has 104 valence electrons. The van der Waals surface area contributed by atoms with Crippen LogP contribution >= 0.6 is 0 Å². The van der Waals surface area contributed by atoms with Gasteiger partial charge in [0.25, 0.3) is 0 Å². The molecule has 1 aliphatic rings. The summed E-state index contributed by atoms with van der Waals surface area (Å²) < 4.78 is 0. The normalized spacial score (nSPS) is 23.4. The molecule has 0 aromatic rings. The maximum atomic E-state index is 11.8. The molecule has 6 nitrogen and oxygen atoms in total. The molecule has 0 spiro atoms. The minimum absolute atomic E-state index is 0.00983. The van der Waals surface area contributed by atoms with E-state index in [0.717, 1.165) is 25.8 Å². The van der Waals surface area contributed by atoms with Crippen molar-refractivity contribution in [2.45, 2.75) is 31.7 Å². The van der Waals surface area contributed by atoms with Gasteiger partial charge >= 0.3 is 12.0 Å². The second-order valence-electron chi connectivity index (χ2n) is 4.87. The van der Waals surface area contributed by atoms with Gasteiger partial charge in [-0.15, -0.1) is 0 Å². The van der Waals surface area contributed by atoms with E-state index in [1.165, 1.54) is 0 Å². The highest BCUT2D eigenvalue weighted by atomic mass is 16.4.